The minimum absolute atomic E-state index is 0.0189. The summed E-state index contributed by atoms with van der Waals surface area (Å²) in [6.45, 7) is 3.91. The van der Waals surface area contributed by atoms with Crippen LogP contribution < -0.4 is 29.4 Å². The van der Waals surface area contributed by atoms with Crippen LogP contribution in [0.3, 0.4) is 0 Å². The van der Waals surface area contributed by atoms with Crippen LogP contribution in [0.4, 0.5) is 11.6 Å². The zero-order valence-corrected chi connectivity index (χ0v) is 182. The van der Waals surface area contributed by atoms with Crippen molar-refractivity contribution in [3.05, 3.63) is 83.9 Å². The third-order valence-corrected chi connectivity index (χ3v) is 4640. The van der Waals surface area contributed by atoms with Crippen LogP contribution in [-0.2, 0) is 19.1 Å². The molecule has 77 heteroatoms. The average molecular weight is 8350 g/mol. The minimum atomic E-state index is -3.91. The second-order valence-corrected chi connectivity index (χ2v) is 1430. The van der Waals surface area contributed by atoms with E-state index in [2.05, 4.69) is 592 Å². The first-order valence-electron chi connectivity index (χ1n) is 22.5. The maximum absolute atomic E-state index is 12.7. The van der Waals surface area contributed by atoms with E-state index in [1.165, 1.54) is 58.8 Å². The Bertz CT molecular complexity index is 3910. The van der Waals surface area contributed by atoms with Gasteiger partial charge < -0.3 is 33.7 Å². The number of halogens is 61. The zero-order valence-electron chi connectivity index (χ0n) is 49.9. The van der Waals surface area contributed by atoms with Crippen molar-refractivity contribution >= 4 is 869 Å². The summed E-state index contributed by atoms with van der Waals surface area (Å²) in [7, 11) is -12.9. The molecule has 6 aromatic rings. The van der Waals surface area contributed by atoms with Gasteiger partial charge in [-0.1, -0.05) is 33.6 Å². The molecular weight excluding hydrogens is 8310 g/mol. The normalized spacial score (nSPS) is 15.4. The number of hydrogen-bond donors (Lipinski definition) is 2. The van der Waals surface area contributed by atoms with Gasteiger partial charge >= 0.3 is 806 Å². The first-order chi connectivity index (χ1) is 50.4. The van der Waals surface area contributed by atoms with Gasteiger partial charge in [-0.2, -0.15) is 0 Å². The summed E-state index contributed by atoms with van der Waals surface area (Å²) in [6.07, 6.45) is 0. The van der Waals surface area contributed by atoms with E-state index in [9.17, 15) is 16.8 Å². The Labute approximate surface area is 1040 Å². The molecule has 0 fully saturated rings. The molecule has 4 aromatic carbocycles. The van der Waals surface area contributed by atoms with E-state index in [4.69, 9.17) is 44.4 Å². The van der Waals surface area contributed by atoms with E-state index in [-0.39, 0.29) is 27.1 Å². The van der Waals surface area contributed by atoms with Crippen LogP contribution in [0.25, 0.3) is 21.9 Å². The van der Waals surface area contributed by atoms with Gasteiger partial charge in [0.25, 0.3) is 19.1 Å². The molecule has 109 heavy (non-hydrogen) atoms. The first-order valence-corrected chi connectivity index (χ1v) is 397. The van der Waals surface area contributed by atoms with Crippen LogP contribution >= 0.6 is 817 Å². The van der Waals surface area contributed by atoms with Crippen molar-refractivity contribution in [2.24, 2.45) is 0 Å². The number of aryl methyl sites for hydroxylation is 2. The molecule has 0 saturated carbocycles. The van der Waals surface area contributed by atoms with Crippen LogP contribution in [0.2, 0.25) is 0 Å². The first kappa shape index (κ1) is 142. The summed E-state index contributed by atoms with van der Waals surface area (Å²) in [5.74, 6) is 1.93. The molecule has 0 unspecified atom stereocenters. The van der Waals surface area contributed by atoms with E-state index >= 15 is 0 Å². The second kappa shape index (κ2) is 77.2. The predicted octanol–water partition coefficient (Wildman–Crippen LogP) is 59.4. The molecule has 0 atom stereocenters. The fraction of sp³-hybridized carbons (Fsp3) is 0.188. The molecule has 0 aliphatic rings. The number of nitrogens with zero attached hydrogens (tertiary/aromatic N) is 2. The summed E-state index contributed by atoms with van der Waals surface area (Å²) in [4.78, 5) is -0.0860. The van der Waals surface area contributed by atoms with Crippen LogP contribution in [0.15, 0.2) is 91.6 Å². The van der Waals surface area contributed by atoms with Crippen molar-refractivity contribution in [1.29, 1.82) is 0 Å². The van der Waals surface area contributed by atoms with Crippen molar-refractivity contribution in [2.45, 2.75) is 23.6 Å². The quantitative estimate of drug-likeness (QED) is 0.0279. The number of sulfonamides is 1. The summed E-state index contributed by atoms with van der Waals surface area (Å²) < 4.78 is 80.0. The number of fused-ring (bicyclic) bond motifs is 2. The van der Waals surface area contributed by atoms with Gasteiger partial charge in [-0.25, -0.2) is 16.8 Å². The van der Waals surface area contributed by atoms with E-state index < -0.39 is 248 Å². The third-order valence-electron chi connectivity index (χ3n) is 9.09. The SMILES string of the molecule is COc1ccc(S(=O)(=O)Cl)c(OC)c1.COc1ccc(S(=O)(=O)Nc2noc3ccc(C)cc23)c(OC)c1.Cc1ccc2onc(N)c2c1.II(I)I(I)I(I)I(I)I(I)I(I)I(I)I(I)I(I)I(I)I(I)I(I)I(I)I(I)I(I)I(I)I(I)I(I)I(I)I(I)I(I)I(I)I(I)I(I)I(I)I(I)I(I)I(I)I(I)I. The van der Waals surface area contributed by atoms with Crippen LogP contribution in [0.5, 0.6) is 23.0 Å². The van der Waals surface area contributed by atoms with Crippen molar-refractivity contribution in [2.75, 3.05) is 38.9 Å². The number of benzene rings is 4. The number of anilines is 2. The molecule has 0 saturated heterocycles. The number of rotatable bonds is 36. The maximum atomic E-state index is 12.7. The Morgan fingerprint density at radius 3 is 0.853 bits per heavy atom. The van der Waals surface area contributed by atoms with Gasteiger partial charge in [0.1, 0.15) is 32.8 Å². The molecule has 0 spiro atoms. The number of hydrogen-bond acceptors (Lipinski definition) is 13. The van der Waals surface area contributed by atoms with Crippen molar-refractivity contribution in [3.63, 3.8) is 0 Å². The Morgan fingerprint density at radius 2 is 0.587 bits per heavy atom. The number of aromatic nitrogens is 2. The Morgan fingerprint density at radius 1 is 0.339 bits per heavy atom. The molecule has 6 rings (SSSR count). The van der Waals surface area contributed by atoms with Gasteiger partial charge in [0.15, 0.2) is 22.8 Å². The monoisotopic (exact) mass is 8350 g/mol. The van der Waals surface area contributed by atoms with E-state index in [1.807, 2.05) is 38.1 Å². The molecular formula is C32H33ClI60N4O10S2. The molecule has 2 heterocycles. The van der Waals surface area contributed by atoms with Gasteiger partial charge in [-0.05, 0) is 62.4 Å². The van der Waals surface area contributed by atoms with Crippen LogP contribution in [0, 0.1) is 13.8 Å². The number of nitrogens with one attached hydrogen (secondary N) is 1. The van der Waals surface area contributed by atoms with Crippen LogP contribution in [0.1, 0.15) is 11.1 Å². The van der Waals surface area contributed by atoms with Gasteiger partial charge in [0, 0.05) is 22.8 Å². The van der Waals surface area contributed by atoms with Crippen molar-refractivity contribution < 1.29 is 44.8 Å². The Hall–Kier alpha value is 38.6. The number of nitrogen functional groups attached to an aromatic ring is 1. The standard InChI is InChI=1S/C16H16N2O5S.C8H9ClO4S.C8H8N2O.I60/c1-10-4-6-13-12(8-10)16(17-23-13)18-24(19,20)15-7-5-11(21-2)9-14(15)22-3;1-12-6-3-4-8(14(9,10)11)7(5-6)13-2;1-5-2-3-7-6(4-5)8(9)10-11-7;1-32(2)34(5)36(7)38(9)40(11)42(13)44(15)46(17)48(19)50(21)52(23)54(25)56(27)58(29)60(31)59(30)57(28)55(26)53(24)51(22)49(20)47(18)45(16)43(14)41(12)39(10)37(8)35(6)33(3)4/h4-9H,1-3H3,(H,17,18);3-5H,1-2H3;2-4H,1H3,(H2,9,10);. The summed E-state index contributed by atoms with van der Waals surface area (Å²) >= 11 is 102. The second-order valence-electron chi connectivity index (χ2n) is 14.9. The van der Waals surface area contributed by atoms with E-state index in [0.717, 1.165) is 22.1 Å². The van der Waals surface area contributed by atoms with Crippen molar-refractivity contribution in [3.8, 4) is 23.0 Å². The summed E-state index contributed by atoms with van der Waals surface area (Å²) in [6, 6.07) is 19.9. The van der Waals surface area contributed by atoms with Gasteiger partial charge in [-0.3, -0.25) is 4.72 Å². The average Bonchev–Trinajstić information content (AvgIpc) is 1.70. The number of nitrogens with two attached hydrogens (primary N) is 1. The Balaban J connectivity index is 0.000000494. The molecule has 2 aromatic heterocycles. The molecule has 14 nitrogen and oxygen atoms in total. The fourth-order valence-electron chi connectivity index (χ4n) is 5.19. The zero-order chi connectivity index (χ0) is 83.7. The van der Waals surface area contributed by atoms with Crippen molar-refractivity contribution in [1.82, 2.24) is 10.3 Å². The molecule has 680 valence electrons. The molecule has 0 radical (unpaired) electrons. The molecule has 0 aliphatic heterocycles. The van der Waals surface area contributed by atoms with Crippen LogP contribution in [-0.4, -0.2) is 55.6 Å². The molecule has 0 bridgehead atoms. The van der Waals surface area contributed by atoms with Gasteiger partial charge in [0.2, 0.25) is 0 Å². The van der Waals surface area contributed by atoms with Gasteiger partial charge in [0.05, 0.1) is 39.2 Å². The third kappa shape index (κ3) is 50.8. The molecule has 3 N–H and O–H groups in total. The van der Waals surface area contributed by atoms with E-state index in [1.54, 1.807) is 18.2 Å². The molecule has 0 amide bonds. The predicted molar refractivity (Wildman–Crippen MR) is 1030 cm³/mol. The fourth-order valence-corrected chi connectivity index (χ4v) is 11300. The topological polar surface area (TPSA) is 195 Å². The number of ether oxygens (including phenoxy) is 4. The summed E-state index contributed by atoms with van der Waals surface area (Å²) in [5.41, 5.74) is 8.91. The van der Waals surface area contributed by atoms with E-state index in [0.29, 0.717) is 28.3 Å². The Kier molecular flexibility index (Phi) is 100. The number of methoxy groups -OCH3 is 4. The van der Waals surface area contributed by atoms with Gasteiger partial charge in [-0.15, -0.1) is 0 Å². The molecule has 0 aliphatic carbocycles. The summed E-state index contributed by atoms with van der Waals surface area (Å²) in [5, 5.41) is 8.93.